The minimum Gasteiger partial charge on any atom is -0.493 e. The maximum absolute atomic E-state index is 12.0. The summed E-state index contributed by atoms with van der Waals surface area (Å²) >= 11 is 1.16. The predicted molar refractivity (Wildman–Crippen MR) is 109 cm³/mol. The van der Waals surface area contributed by atoms with Gasteiger partial charge >= 0.3 is 11.8 Å². The number of anilines is 1. The molecule has 0 saturated carbocycles. The third kappa shape index (κ3) is 5.14. The van der Waals surface area contributed by atoms with Crippen LogP contribution in [-0.4, -0.2) is 42.4 Å². The third-order valence-corrected chi connectivity index (χ3v) is 4.55. The molecule has 2 aromatic carbocycles. The van der Waals surface area contributed by atoms with E-state index in [0.717, 1.165) is 16.9 Å². The van der Waals surface area contributed by atoms with Crippen LogP contribution in [0.5, 0.6) is 11.5 Å². The zero-order valence-electron chi connectivity index (χ0n) is 15.6. The summed E-state index contributed by atoms with van der Waals surface area (Å²) in [6.45, 7) is 0. The lowest BCUT2D eigenvalue weighted by Gasteiger charge is -2.07. The zero-order valence-corrected chi connectivity index (χ0v) is 16.4. The number of amides is 2. The van der Waals surface area contributed by atoms with Crippen molar-refractivity contribution in [2.75, 3.05) is 19.5 Å². The molecular formula is C19H17N5O4S. The minimum absolute atomic E-state index is 0.216. The predicted octanol–water partition coefficient (Wildman–Crippen LogP) is 2.31. The fourth-order valence-electron chi connectivity index (χ4n) is 2.27. The SMILES string of the molecule is COc1ccc(C=NNC(=O)C(=O)Nc2nnc(-c3ccccc3)s2)cc1OC. The largest absolute Gasteiger partial charge is 0.493 e. The number of rotatable bonds is 6. The van der Waals surface area contributed by atoms with E-state index in [-0.39, 0.29) is 5.13 Å². The van der Waals surface area contributed by atoms with Crippen molar-refractivity contribution in [3.63, 3.8) is 0 Å². The topological polar surface area (TPSA) is 115 Å². The second-order valence-electron chi connectivity index (χ2n) is 5.55. The maximum Gasteiger partial charge on any atom is 0.329 e. The van der Waals surface area contributed by atoms with Crippen LogP contribution in [0.25, 0.3) is 10.6 Å². The van der Waals surface area contributed by atoms with Crippen LogP contribution < -0.4 is 20.2 Å². The molecule has 10 heteroatoms. The molecule has 0 saturated heterocycles. The van der Waals surface area contributed by atoms with Crippen molar-refractivity contribution >= 4 is 34.5 Å². The van der Waals surface area contributed by atoms with Gasteiger partial charge in [-0.15, -0.1) is 10.2 Å². The molecule has 0 unspecified atom stereocenters. The smallest absolute Gasteiger partial charge is 0.329 e. The van der Waals surface area contributed by atoms with Gasteiger partial charge < -0.3 is 9.47 Å². The van der Waals surface area contributed by atoms with Crippen molar-refractivity contribution in [3.05, 3.63) is 54.1 Å². The molecule has 0 bridgehead atoms. The normalized spacial score (nSPS) is 10.6. The monoisotopic (exact) mass is 411 g/mol. The average molecular weight is 411 g/mol. The molecule has 3 aromatic rings. The molecule has 0 spiro atoms. The van der Waals surface area contributed by atoms with Crippen LogP contribution in [0.2, 0.25) is 0 Å². The van der Waals surface area contributed by atoms with E-state index in [1.807, 2.05) is 30.3 Å². The first-order valence-electron chi connectivity index (χ1n) is 8.36. The molecule has 0 radical (unpaired) electrons. The van der Waals surface area contributed by atoms with Crippen LogP contribution in [0.15, 0.2) is 53.6 Å². The Kier molecular flexibility index (Phi) is 6.48. The van der Waals surface area contributed by atoms with Crippen LogP contribution in [0, 0.1) is 0 Å². The van der Waals surface area contributed by atoms with E-state index in [1.54, 1.807) is 18.2 Å². The third-order valence-electron chi connectivity index (χ3n) is 3.66. The summed E-state index contributed by atoms with van der Waals surface area (Å²) < 4.78 is 10.3. The second-order valence-corrected chi connectivity index (χ2v) is 6.52. The number of nitrogens with zero attached hydrogens (tertiary/aromatic N) is 3. The van der Waals surface area contributed by atoms with Crippen LogP contribution in [-0.2, 0) is 9.59 Å². The number of hydrazone groups is 1. The number of aromatic nitrogens is 2. The van der Waals surface area contributed by atoms with Crippen LogP contribution in [0.4, 0.5) is 5.13 Å². The van der Waals surface area contributed by atoms with Gasteiger partial charge in [0.1, 0.15) is 5.01 Å². The van der Waals surface area contributed by atoms with Gasteiger partial charge in [-0.25, -0.2) is 5.43 Å². The van der Waals surface area contributed by atoms with Crippen molar-refractivity contribution in [2.24, 2.45) is 5.10 Å². The van der Waals surface area contributed by atoms with E-state index in [9.17, 15) is 9.59 Å². The molecule has 0 fully saturated rings. The molecule has 1 heterocycles. The summed E-state index contributed by atoms with van der Waals surface area (Å²) in [7, 11) is 3.05. The maximum atomic E-state index is 12.0. The molecule has 0 aliphatic heterocycles. The molecule has 9 nitrogen and oxygen atoms in total. The summed E-state index contributed by atoms with van der Waals surface area (Å²) in [5, 5.41) is 14.9. The van der Waals surface area contributed by atoms with E-state index in [0.29, 0.717) is 22.1 Å². The Morgan fingerprint density at radius 2 is 1.76 bits per heavy atom. The summed E-state index contributed by atoms with van der Waals surface area (Å²) in [4.78, 5) is 23.9. The summed E-state index contributed by atoms with van der Waals surface area (Å²) in [6, 6.07) is 14.5. The molecule has 148 valence electrons. The number of ether oxygens (including phenoxy) is 2. The van der Waals surface area contributed by atoms with Gasteiger partial charge in [0.05, 0.1) is 20.4 Å². The Labute approximate surface area is 170 Å². The second kappa shape index (κ2) is 9.42. The van der Waals surface area contributed by atoms with Gasteiger partial charge in [-0.05, 0) is 23.8 Å². The van der Waals surface area contributed by atoms with Crippen LogP contribution >= 0.6 is 11.3 Å². The molecule has 1 aromatic heterocycles. The molecule has 0 aliphatic rings. The van der Waals surface area contributed by atoms with Crippen LogP contribution in [0.1, 0.15) is 5.56 Å². The van der Waals surface area contributed by atoms with Crippen molar-refractivity contribution in [3.8, 4) is 22.1 Å². The van der Waals surface area contributed by atoms with Gasteiger partial charge in [0.15, 0.2) is 11.5 Å². The highest BCUT2D eigenvalue weighted by Gasteiger charge is 2.16. The Morgan fingerprint density at radius 3 is 2.48 bits per heavy atom. The molecule has 29 heavy (non-hydrogen) atoms. The standard InChI is InChI=1S/C19H17N5O4S/c1-27-14-9-8-12(10-15(14)28-2)11-20-22-17(26)16(25)21-19-24-23-18(29-19)13-6-4-3-5-7-13/h3-11H,1-2H3,(H,22,26)(H,21,24,25). The lowest BCUT2D eigenvalue weighted by molar-refractivity contribution is -0.136. The number of carbonyl (C=O) groups is 2. The van der Waals surface area contributed by atoms with Gasteiger partial charge in [0.25, 0.3) is 0 Å². The van der Waals surface area contributed by atoms with E-state index in [1.165, 1.54) is 20.4 Å². The van der Waals surface area contributed by atoms with Gasteiger partial charge in [-0.2, -0.15) is 5.10 Å². The number of hydrogen-bond acceptors (Lipinski definition) is 8. The van der Waals surface area contributed by atoms with Crippen molar-refractivity contribution < 1.29 is 19.1 Å². The molecule has 3 rings (SSSR count). The molecule has 0 atom stereocenters. The van der Waals surface area contributed by atoms with E-state index < -0.39 is 11.8 Å². The van der Waals surface area contributed by atoms with Crippen LogP contribution in [0.3, 0.4) is 0 Å². The van der Waals surface area contributed by atoms with Crippen molar-refractivity contribution in [1.82, 2.24) is 15.6 Å². The Hall–Kier alpha value is -3.79. The first kappa shape index (κ1) is 20.0. The summed E-state index contributed by atoms with van der Waals surface area (Å²) in [6.07, 6.45) is 1.38. The highest BCUT2D eigenvalue weighted by molar-refractivity contribution is 7.18. The highest BCUT2D eigenvalue weighted by Crippen LogP contribution is 2.27. The lowest BCUT2D eigenvalue weighted by Crippen LogP contribution is -2.32. The molecular weight excluding hydrogens is 394 g/mol. The first-order chi connectivity index (χ1) is 14.1. The fourth-order valence-corrected chi connectivity index (χ4v) is 3.02. The van der Waals surface area contributed by atoms with E-state index in [2.05, 4.69) is 26.0 Å². The average Bonchev–Trinajstić information content (AvgIpc) is 3.22. The van der Waals surface area contributed by atoms with Gasteiger partial charge in [-0.3, -0.25) is 14.9 Å². The number of hydrogen-bond donors (Lipinski definition) is 2. The quantitative estimate of drug-likeness (QED) is 0.365. The zero-order chi connectivity index (χ0) is 20.6. The van der Waals surface area contributed by atoms with Gasteiger partial charge in [-0.1, -0.05) is 41.7 Å². The van der Waals surface area contributed by atoms with Crippen molar-refractivity contribution in [1.29, 1.82) is 0 Å². The van der Waals surface area contributed by atoms with E-state index >= 15 is 0 Å². The number of carbonyl (C=O) groups excluding carboxylic acids is 2. The number of nitrogens with one attached hydrogen (secondary N) is 2. The van der Waals surface area contributed by atoms with E-state index in [4.69, 9.17) is 9.47 Å². The highest BCUT2D eigenvalue weighted by atomic mass is 32.1. The molecule has 2 N–H and O–H groups in total. The Balaban J connectivity index is 1.56. The van der Waals surface area contributed by atoms with Gasteiger partial charge in [0.2, 0.25) is 5.13 Å². The Bertz CT molecular complexity index is 1040. The molecule has 2 amide bonds. The van der Waals surface area contributed by atoms with Gasteiger partial charge in [0, 0.05) is 5.56 Å². The number of benzene rings is 2. The fraction of sp³-hybridized carbons (Fsp3) is 0.105. The molecule has 0 aliphatic carbocycles. The minimum atomic E-state index is -0.932. The lowest BCUT2D eigenvalue weighted by atomic mass is 10.2. The first-order valence-corrected chi connectivity index (χ1v) is 9.17. The Morgan fingerprint density at radius 1 is 1.00 bits per heavy atom. The number of methoxy groups -OCH3 is 2. The summed E-state index contributed by atoms with van der Waals surface area (Å²) in [5.41, 5.74) is 3.68. The summed E-state index contributed by atoms with van der Waals surface area (Å²) in [5.74, 6) is -0.741. The van der Waals surface area contributed by atoms with Crippen molar-refractivity contribution in [2.45, 2.75) is 0 Å².